The van der Waals surface area contributed by atoms with Gasteiger partial charge in [-0.05, 0) is 47.3 Å². The molecule has 0 spiro atoms. The molecule has 2 nitrogen and oxygen atoms in total. The Labute approximate surface area is 108 Å². The fraction of sp³-hybridized carbons (Fsp3) is 0.615. The van der Waals surface area contributed by atoms with Crippen molar-refractivity contribution in [3.63, 3.8) is 0 Å². The Kier molecular flexibility index (Phi) is 14.2. The topological polar surface area (TPSA) is 33.1 Å². The van der Waals surface area contributed by atoms with Crippen molar-refractivity contribution in [1.82, 2.24) is 4.98 Å². The molecule has 0 aliphatic carbocycles. The van der Waals surface area contributed by atoms with E-state index in [1.807, 2.05) is 40.8 Å². The van der Waals surface area contributed by atoms with Gasteiger partial charge < -0.3 is 5.11 Å². The quantitative estimate of drug-likeness (QED) is 0.908. The third-order valence-corrected chi connectivity index (χ3v) is 2.51. The van der Waals surface area contributed by atoms with E-state index in [9.17, 15) is 0 Å². The number of pyridine rings is 1. The predicted octanol–water partition coefficient (Wildman–Crippen LogP) is 4.13. The van der Waals surface area contributed by atoms with Crippen LogP contribution in [0.15, 0.2) is 16.7 Å². The predicted molar refractivity (Wildman–Crippen MR) is 74.8 cm³/mol. The van der Waals surface area contributed by atoms with Crippen molar-refractivity contribution >= 4 is 15.9 Å². The minimum absolute atomic E-state index is 0.242. The Bertz CT molecular complexity index is 264. The number of hydrogen-bond acceptors (Lipinski definition) is 2. The van der Waals surface area contributed by atoms with Crippen molar-refractivity contribution in [3.05, 3.63) is 28.0 Å². The number of aromatic nitrogens is 1. The molecular weight excluding hydrogens is 266 g/mol. The highest BCUT2D eigenvalue weighted by Crippen LogP contribution is 2.15. The molecule has 3 heteroatoms. The summed E-state index contributed by atoms with van der Waals surface area (Å²) in [5, 5.41) is 8.62. The SMILES string of the molecule is CC.CC.Cc1ncc(CCCO)cc1Br. The van der Waals surface area contributed by atoms with Crippen LogP contribution in [-0.2, 0) is 6.42 Å². The molecule has 1 rings (SSSR count). The zero-order valence-electron chi connectivity index (χ0n) is 11.0. The molecule has 0 saturated carbocycles. The van der Waals surface area contributed by atoms with Gasteiger partial charge in [-0.1, -0.05) is 27.7 Å². The van der Waals surface area contributed by atoms with Crippen molar-refractivity contribution < 1.29 is 5.11 Å². The molecule has 16 heavy (non-hydrogen) atoms. The van der Waals surface area contributed by atoms with Crippen LogP contribution in [0.25, 0.3) is 0 Å². The van der Waals surface area contributed by atoms with Gasteiger partial charge in [-0.2, -0.15) is 0 Å². The molecule has 0 atom stereocenters. The third kappa shape index (κ3) is 7.83. The zero-order valence-corrected chi connectivity index (χ0v) is 12.6. The highest BCUT2D eigenvalue weighted by atomic mass is 79.9. The van der Waals surface area contributed by atoms with Crippen molar-refractivity contribution in [2.45, 2.75) is 47.5 Å². The van der Waals surface area contributed by atoms with E-state index in [0.717, 1.165) is 23.0 Å². The van der Waals surface area contributed by atoms with Crippen LogP contribution in [0.5, 0.6) is 0 Å². The summed E-state index contributed by atoms with van der Waals surface area (Å²) in [5.74, 6) is 0. The monoisotopic (exact) mass is 289 g/mol. The second-order valence-electron chi connectivity index (χ2n) is 2.74. The van der Waals surface area contributed by atoms with Gasteiger partial charge in [-0.15, -0.1) is 0 Å². The average molecular weight is 290 g/mol. The van der Waals surface area contributed by atoms with Crippen molar-refractivity contribution in [1.29, 1.82) is 0 Å². The summed E-state index contributed by atoms with van der Waals surface area (Å²) in [6.45, 7) is 10.2. The number of rotatable bonds is 3. The molecule has 0 aliphatic heterocycles. The molecule has 0 aromatic carbocycles. The highest BCUT2D eigenvalue weighted by molar-refractivity contribution is 9.10. The lowest BCUT2D eigenvalue weighted by Gasteiger charge is -2.01. The van der Waals surface area contributed by atoms with Crippen LogP contribution in [0.1, 0.15) is 45.4 Å². The minimum Gasteiger partial charge on any atom is -0.396 e. The largest absolute Gasteiger partial charge is 0.396 e. The second kappa shape index (κ2) is 12.7. The summed E-state index contributed by atoms with van der Waals surface area (Å²) in [6.07, 6.45) is 3.55. The first-order valence-electron chi connectivity index (χ1n) is 5.96. The first-order chi connectivity index (χ1) is 7.74. The first kappa shape index (κ1) is 18.0. The Morgan fingerprint density at radius 1 is 1.25 bits per heavy atom. The van der Waals surface area contributed by atoms with Crippen LogP contribution in [0.3, 0.4) is 0 Å². The molecule has 0 aliphatic rings. The van der Waals surface area contributed by atoms with Crippen LogP contribution < -0.4 is 0 Å². The standard InChI is InChI=1S/C9H12BrNO.2C2H6/c1-7-9(10)5-8(6-11-7)3-2-4-12;2*1-2/h5-6,12H,2-4H2,1H3;2*1-2H3. The lowest BCUT2D eigenvalue weighted by atomic mass is 10.1. The molecule has 0 amide bonds. The van der Waals surface area contributed by atoms with Gasteiger partial charge in [0.1, 0.15) is 0 Å². The van der Waals surface area contributed by atoms with Crippen LogP contribution in [-0.4, -0.2) is 16.7 Å². The van der Waals surface area contributed by atoms with Gasteiger partial charge in [0.15, 0.2) is 0 Å². The molecule has 0 bridgehead atoms. The Morgan fingerprint density at radius 3 is 2.25 bits per heavy atom. The lowest BCUT2D eigenvalue weighted by molar-refractivity contribution is 0.288. The van der Waals surface area contributed by atoms with Crippen molar-refractivity contribution in [2.75, 3.05) is 6.61 Å². The van der Waals surface area contributed by atoms with Crippen LogP contribution in [0, 0.1) is 6.92 Å². The third-order valence-electron chi connectivity index (χ3n) is 1.71. The summed E-state index contributed by atoms with van der Waals surface area (Å²) in [7, 11) is 0. The molecule has 0 saturated heterocycles. The maximum absolute atomic E-state index is 8.62. The summed E-state index contributed by atoms with van der Waals surface area (Å²) in [6, 6.07) is 2.05. The normalized spacial score (nSPS) is 8.44. The van der Waals surface area contributed by atoms with Crippen LogP contribution >= 0.6 is 15.9 Å². The van der Waals surface area contributed by atoms with E-state index >= 15 is 0 Å². The van der Waals surface area contributed by atoms with E-state index in [0.29, 0.717) is 0 Å². The number of aryl methyl sites for hydroxylation is 2. The lowest BCUT2D eigenvalue weighted by Crippen LogP contribution is -1.92. The summed E-state index contributed by atoms with van der Waals surface area (Å²) in [4.78, 5) is 4.20. The minimum atomic E-state index is 0.242. The van der Waals surface area contributed by atoms with Crippen molar-refractivity contribution in [2.24, 2.45) is 0 Å². The molecule has 0 radical (unpaired) electrons. The Morgan fingerprint density at radius 2 is 1.81 bits per heavy atom. The summed E-state index contributed by atoms with van der Waals surface area (Å²) in [5.41, 5.74) is 2.17. The number of aliphatic hydroxyl groups excluding tert-OH is 1. The number of aliphatic hydroxyl groups is 1. The fourth-order valence-corrected chi connectivity index (χ4v) is 1.36. The van der Waals surface area contributed by atoms with Crippen molar-refractivity contribution in [3.8, 4) is 0 Å². The molecule has 1 aromatic heterocycles. The molecule has 0 fully saturated rings. The first-order valence-corrected chi connectivity index (χ1v) is 6.75. The van der Waals surface area contributed by atoms with E-state index in [-0.39, 0.29) is 6.61 Å². The summed E-state index contributed by atoms with van der Waals surface area (Å²) >= 11 is 3.41. The van der Waals surface area contributed by atoms with E-state index < -0.39 is 0 Å². The number of hydrogen-bond donors (Lipinski definition) is 1. The molecule has 1 heterocycles. The molecule has 94 valence electrons. The molecule has 1 N–H and O–H groups in total. The zero-order chi connectivity index (χ0) is 13.0. The Hall–Kier alpha value is -0.410. The Balaban J connectivity index is 0. The van der Waals surface area contributed by atoms with E-state index in [4.69, 9.17) is 5.11 Å². The fourth-order valence-electron chi connectivity index (χ4n) is 0.966. The number of halogens is 1. The van der Waals surface area contributed by atoms with Crippen LogP contribution in [0.4, 0.5) is 0 Å². The van der Waals surface area contributed by atoms with E-state index in [1.54, 1.807) is 0 Å². The summed E-state index contributed by atoms with van der Waals surface area (Å²) < 4.78 is 1.04. The van der Waals surface area contributed by atoms with Gasteiger partial charge >= 0.3 is 0 Å². The highest BCUT2D eigenvalue weighted by Gasteiger charge is 1.97. The number of nitrogens with zero attached hydrogens (tertiary/aromatic N) is 1. The maximum Gasteiger partial charge on any atom is 0.0514 e. The molecular formula is C13H24BrNO. The smallest absolute Gasteiger partial charge is 0.0514 e. The average Bonchev–Trinajstić information content (AvgIpc) is 2.36. The maximum atomic E-state index is 8.62. The molecule has 0 unspecified atom stereocenters. The van der Waals surface area contributed by atoms with Gasteiger partial charge in [0.2, 0.25) is 0 Å². The van der Waals surface area contributed by atoms with Gasteiger partial charge in [0.05, 0.1) is 5.69 Å². The van der Waals surface area contributed by atoms with Gasteiger partial charge in [-0.3, -0.25) is 4.98 Å². The van der Waals surface area contributed by atoms with Gasteiger partial charge in [0, 0.05) is 17.3 Å². The van der Waals surface area contributed by atoms with Crippen LogP contribution in [0.2, 0.25) is 0 Å². The van der Waals surface area contributed by atoms with Gasteiger partial charge in [0.25, 0.3) is 0 Å². The molecule has 1 aromatic rings. The van der Waals surface area contributed by atoms with E-state index in [2.05, 4.69) is 27.0 Å². The van der Waals surface area contributed by atoms with Gasteiger partial charge in [-0.25, -0.2) is 0 Å². The van der Waals surface area contributed by atoms with E-state index in [1.165, 1.54) is 5.56 Å². The second-order valence-corrected chi connectivity index (χ2v) is 3.59.